The smallest absolute Gasteiger partial charge is 0.113 e. The van der Waals surface area contributed by atoms with Gasteiger partial charge in [0.2, 0.25) is 0 Å². The molecule has 68 valence electrons. The maximum absolute atomic E-state index is 5.62. The van der Waals surface area contributed by atoms with Crippen molar-refractivity contribution in [2.45, 2.75) is 13.3 Å². The number of pyridine rings is 1. The van der Waals surface area contributed by atoms with Crippen LogP contribution in [0.15, 0.2) is 12.3 Å². The Morgan fingerprint density at radius 3 is 3.00 bits per heavy atom. The van der Waals surface area contributed by atoms with Gasteiger partial charge in [-0.15, -0.1) is 0 Å². The molecule has 0 amide bonds. The molecule has 0 aliphatic heterocycles. The Morgan fingerprint density at radius 1 is 1.62 bits per heavy atom. The van der Waals surface area contributed by atoms with Gasteiger partial charge in [0.1, 0.15) is 5.69 Å². The fraction of sp³-hybridized carbons (Fsp3) is 0.300. The molecule has 1 heterocycles. The molecule has 2 N–H and O–H groups in total. The highest BCUT2D eigenvalue weighted by molar-refractivity contribution is 7.80. The highest BCUT2D eigenvalue weighted by Gasteiger charge is 1.93. The van der Waals surface area contributed by atoms with Crippen molar-refractivity contribution >= 4 is 18.3 Å². The maximum atomic E-state index is 5.62. The Labute approximate surface area is 84.0 Å². The van der Waals surface area contributed by atoms with Crippen molar-refractivity contribution in [2.24, 2.45) is 0 Å². The van der Waals surface area contributed by atoms with Crippen LogP contribution in [0, 0.1) is 18.8 Å². The zero-order valence-electron chi connectivity index (χ0n) is 7.54. The lowest BCUT2D eigenvalue weighted by Gasteiger charge is -1.97. The molecule has 2 nitrogen and oxygen atoms in total. The zero-order valence-corrected chi connectivity index (χ0v) is 8.44. The van der Waals surface area contributed by atoms with Crippen LogP contribution < -0.4 is 5.73 Å². The number of nitrogens with two attached hydrogens (primary N) is 1. The maximum Gasteiger partial charge on any atom is 0.113 e. The molecule has 1 rings (SSSR count). The van der Waals surface area contributed by atoms with Gasteiger partial charge in [0.25, 0.3) is 0 Å². The van der Waals surface area contributed by atoms with Crippen LogP contribution in [-0.2, 0) is 0 Å². The van der Waals surface area contributed by atoms with Crippen LogP contribution in [0.2, 0.25) is 0 Å². The van der Waals surface area contributed by atoms with Crippen LogP contribution in [0.1, 0.15) is 17.7 Å². The fourth-order valence-electron chi connectivity index (χ4n) is 0.844. The summed E-state index contributed by atoms with van der Waals surface area (Å²) in [7, 11) is 0. The lowest BCUT2D eigenvalue weighted by Crippen LogP contribution is -1.92. The van der Waals surface area contributed by atoms with Crippen LogP contribution in [0.5, 0.6) is 0 Å². The van der Waals surface area contributed by atoms with Gasteiger partial charge < -0.3 is 5.73 Å². The topological polar surface area (TPSA) is 38.9 Å². The van der Waals surface area contributed by atoms with E-state index in [0.717, 1.165) is 23.4 Å². The van der Waals surface area contributed by atoms with E-state index in [1.54, 1.807) is 6.20 Å². The number of hydrogen-bond donors (Lipinski definition) is 2. The van der Waals surface area contributed by atoms with Gasteiger partial charge in [-0.1, -0.05) is 5.92 Å². The minimum absolute atomic E-state index is 0.708. The van der Waals surface area contributed by atoms with Crippen LogP contribution in [0.25, 0.3) is 0 Å². The summed E-state index contributed by atoms with van der Waals surface area (Å²) >= 11 is 4.06. The molecule has 0 aromatic carbocycles. The highest BCUT2D eigenvalue weighted by Crippen LogP contribution is 2.08. The average molecular weight is 192 g/mol. The molecule has 0 saturated carbocycles. The van der Waals surface area contributed by atoms with Crippen LogP contribution in [0.4, 0.5) is 5.69 Å². The molecule has 0 aliphatic carbocycles. The van der Waals surface area contributed by atoms with Gasteiger partial charge in [0, 0.05) is 12.2 Å². The normalized spacial score (nSPS) is 9.08. The van der Waals surface area contributed by atoms with Crippen molar-refractivity contribution in [1.82, 2.24) is 4.98 Å². The molecule has 0 spiro atoms. The van der Waals surface area contributed by atoms with Gasteiger partial charge in [-0.2, -0.15) is 12.6 Å². The molecule has 0 fully saturated rings. The SMILES string of the molecule is Cc1cc(C#CCCS)ncc1N. The van der Waals surface area contributed by atoms with E-state index in [4.69, 9.17) is 5.73 Å². The van der Waals surface area contributed by atoms with Crippen LogP contribution in [0.3, 0.4) is 0 Å². The molecule has 0 radical (unpaired) electrons. The summed E-state index contributed by atoms with van der Waals surface area (Å²) in [4.78, 5) is 4.09. The molecule has 13 heavy (non-hydrogen) atoms. The average Bonchev–Trinajstić information content (AvgIpc) is 2.12. The first kappa shape index (κ1) is 9.94. The Bertz CT molecular complexity index is 350. The Hall–Kier alpha value is -1.14. The lowest BCUT2D eigenvalue weighted by atomic mass is 10.2. The zero-order chi connectivity index (χ0) is 9.68. The van der Waals surface area contributed by atoms with Crippen molar-refractivity contribution in [3.8, 4) is 11.8 Å². The van der Waals surface area contributed by atoms with E-state index in [1.807, 2.05) is 13.0 Å². The lowest BCUT2D eigenvalue weighted by molar-refractivity contribution is 1.25. The number of anilines is 1. The Morgan fingerprint density at radius 2 is 2.38 bits per heavy atom. The first-order valence-electron chi connectivity index (χ1n) is 4.06. The molecule has 0 aliphatic rings. The molecular weight excluding hydrogens is 180 g/mol. The van der Waals surface area contributed by atoms with Crippen molar-refractivity contribution in [3.05, 3.63) is 23.5 Å². The second kappa shape index (κ2) is 4.78. The van der Waals surface area contributed by atoms with E-state index in [0.29, 0.717) is 5.69 Å². The first-order valence-corrected chi connectivity index (χ1v) is 4.69. The molecule has 0 saturated heterocycles. The summed E-state index contributed by atoms with van der Waals surface area (Å²) in [5.74, 6) is 6.70. The summed E-state index contributed by atoms with van der Waals surface area (Å²) in [5, 5.41) is 0. The number of rotatable bonds is 1. The first-order chi connectivity index (χ1) is 6.24. The van der Waals surface area contributed by atoms with E-state index in [1.165, 1.54) is 0 Å². The second-order valence-electron chi connectivity index (χ2n) is 2.70. The standard InChI is InChI=1S/C10H12N2S/c1-8-6-9(4-2-3-5-13)12-7-10(8)11/h6-7,13H,3,5,11H2,1H3. The monoisotopic (exact) mass is 192 g/mol. The van der Waals surface area contributed by atoms with E-state index in [-0.39, 0.29) is 0 Å². The van der Waals surface area contributed by atoms with Gasteiger partial charge >= 0.3 is 0 Å². The van der Waals surface area contributed by atoms with E-state index >= 15 is 0 Å². The number of thiol groups is 1. The molecule has 3 heteroatoms. The molecular formula is C10H12N2S. The third-order valence-corrected chi connectivity index (χ3v) is 1.83. The number of aryl methyl sites for hydroxylation is 1. The largest absolute Gasteiger partial charge is 0.397 e. The van der Waals surface area contributed by atoms with E-state index in [2.05, 4.69) is 29.5 Å². The summed E-state index contributed by atoms with van der Waals surface area (Å²) in [6.07, 6.45) is 2.42. The van der Waals surface area contributed by atoms with Gasteiger partial charge in [-0.25, -0.2) is 4.98 Å². The third-order valence-electron chi connectivity index (χ3n) is 1.60. The number of hydrogen-bond acceptors (Lipinski definition) is 3. The van der Waals surface area contributed by atoms with Crippen molar-refractivity contribution in [1.29, 1.82) is 0 Å². The summed E-state index contributed by atoms with van der Waals surface area (Å²) in [5.41, 5.74) is 8.12. The minimum Gasteiger partial charge on any atom is -0.397 e. The number of aromatic nitrogens is 1. The molecule has 0 atom stereocenters. The fourth-order valence-corrected chi connectivity index (χ4v) is 0.956. The number of nitrogens with zero attached hydrogens (tertiary/aromatic N) is 1. The van der Waals surface area contributed by atoms with E-state index in [9.17, 15) is 0 Å². The third kappa shape index (κ3) is 3.00. The van der Waals surface area contributed by atoms with Crippen molar-refractivity contribution in [2.75, 3.05) is 11.5 Å². The van der Waals surface area contributed by atoms with Gasteiger partial charge in [-0.05, 0) is 24.5 Å². The second-order valence-corrected chi connectivity index (χ2v) is 3.15. The van der Waals surface area contributed by atoms with Gasteiger partial charge in [0.15, 0.2) is 0 Å². The molecule has 1 aromatic rings. The number of nitrogen functional groups attached to an aromatic ring is 1. The van der Waals surface area contributed by atoms with Crippen molar-refractivity contribution in [3.63, 3.8) is 0 Å². The minimum atomic E-state index is 0.708. The summed E-state index contributed by atoms with van der Waals surface area (Å²) in [6.45, 7) is 1.95. The van der Waals surface area contributed by atoms with Crippen LogP contribution in [-0.4, -0.2) is 10.7 Å². The van der Waals surface area contributed by atoms with Crippen molar-refractivity contribution < 1.29 is 0 Å². The quantitative estimate of drug-likeness (QED) is 0.524. The molecule has 1 aromatic heterocycles. The van der Waals surface area contributed by atoms with Crippen LogP contribution >= 0.6 is 12.6 Å². The predicted octanol–water partition coefficient (Wildman–Crippen LogP) is 1.64. The summed E-state index contributed by atoms with van der Waals surface area (Å²) < 4.78 is 0. The van der Waals surface area contributed by atoms with Gasteiger partial charge in [0.05, 0.1) is 11.9 Å². The molecule has 0 unspecified atom stereocenters. The Kier molecular flexibility index (Phi) is 3.66. The Balaban J connectivity index is 2.81. The predicted molar refractivity (Wildman–Crippen MR) is 58.7 cm³/mol. The summed E-state index contributed by atoms with van der Waals surface area (Å²) in [6, 6.07) is 1.89. The highest BCUT2D eigenvalue weighted by atomic mass is 32.1. The van der Waals surface area contributed by atoms with E-state index < -0.39 is 0 Å². The van der Waals surface area contributed by atoms with Gasteiger partial charge in [-0.3, -0.25) is 0 Å². The molecule has 0 bridgehead atoms.